The Bertz CT molecular complexity index is 972. The molecule has 0 aliphatic carbocycles. The number of piperidine rings is 1. The summed E-state index contributed by atoms with van der Waals surface area (Å²) >= 11 is 0. The second-order valence-corrected chi connectivity index (χ2v) is 10.0. The van der Waals surface area contributed by atoms with Crippen LogP contribution in [0.15, 0.2) is 30.5 Å². The van der Waals surface area contributed by atoms with Gasteiger partial charge in [0.05, 0.1) is 5.41 Å². The molecule has 1 aromatic carbocycles. The van der Waals surface area contributed by atoms with Crippen molar-refractivity contribution in [2.24, 2.45) is 16.7 Å². The number of carbonyl (C=O) groups excluding carboxylic acids is 2. The Labute approximate surface area is 178 Å². The van der Waals surface area contributed by atoms with E-state index in [0.29, 0.717) is 5.92 Å². The van der Waals surface area contributed by atoms with Gasteiger partial charge in [0.2, 0.25) is 5.91 Å². The number of carbonyl (C=O) groups is 2. The van der Waals surface area contributed by atoms with E-state index in [1.54, 1.807) is 0 Å². The molecular formula is C24H32N4O2. The molecule has 0 saturated carbocycles. The van der Waals surface area contributed by atoms with E-state index in [1.807, 2.05) is 35.4 Å². The first kappa shape index (κ1) is 19.6. The maximum absolute atomic E-state index is 13.2. The zero-order chi connectivity index (χ0) is 20.9. The minimum Gasteiger partial charge on any atom is -0.361 e. The van der Waals surface area contributed by atoms with Gasteiger partial charge in [-0.2, -0.15) is 0 Å². The van der Waals surface area contributed by atoms with Gasteiger partial charge in [-0.1, -0.05) is 13.8 Å². The maximum Gasteiger partial charge on any atom is 0.253 e. The summed E-state index contributed by atoms with van der Waals surface area (Å²) in [6.07, 6.45) is 4.65. The van der Waals surface area contributed by atoms with E-state index in [-0.39, 0.29) is 22.6 Å². The maximum atomic E-state index is 13.2. The summed E-state index contributed by atoms with van der Waals surface area (Å²) in [6.45, 7) is 9.63. The van der Waals surface area contributed by atoms with Gasteiger partial charge in [0.25, 0.3) is 5.91 Å². The van der Waals surface area contributed by atoms with Crippen molar-refractivity contribution in [2.75, 3.05) is 39.3 Å². The van der Waals surface area contributed by atoms with E-state index >= 15 is 0 Å². The van der Waals surface area contributed by atoms with E-state index in [9.17, 15) is 9.59 Å². The Morgan fingerprint density at radius 3 is 2.63 bits per heavy atom. The van der Waals surface area contributed by atoms with Gasteiger partial charge in [-0.15, -0.1) is 0 Å². The summed E-state index contributed by atoms with van der Waals surface area (Å²) in [4.78, 5) is 33.9. The van der Waals surface area contributed by atoms with Crippen LogP contribution in [0.3, 0.4) is 0 Å². The number of aromatic amines is 1. The van der Waals surface area contributed by atoms with Crippen molar-refractivity contribution in [3.8, 4) is 0 Å². The zero-order valence-corrected chi connectivity index (χ0v) is 18.0. The number of benzene rings is 1. The molecule has 30 heavy (non-hydrogen) atoms. The molecule has 3 fully saturated rings. The molecule has 1 atom stereocenters. The zero-order valence-electron chi connectivity index (χ0n) is 18.0. The molecule has 2 amide bonds. The van der Waals surface area contributed by atoms with Gasteiger partial charge in [-0.05, 0) is 49.4 Å². The van der Waals surface area contributed by atoms with Gasteiger partial charge in [0, 0.05) is 67.3 Å². The average molecular weight is 409 g/mol. The third-order valence-electron chi connectivity index (χ3n) is 7.74. The normalized spacial score (nSPS) is 26.4. The number of likely N-dealkylation sites (tertiary alicyclic amines) is 2. The molecule has 6 nitrogen and oxygen atoms in total. The van der Waals surface area contributed by atoms with Gasteiger partial charge in [0.1, 0.15) is 0 Å². The van der Waals surface area contributed by atoms with Crippen molar-refractivity contribution in [3.05, 3.63) is 36.0 Å². The van der Waals surface area contributed by atoms with Crippen LogP contribution in [-0.4, -0.2) is 65.9 Å². The van der Waals surface area contributed by atoms with Crippen LogP contribution in [0.1, 0.15) is 43.5 Å². The van der Waals surface area contributed by atoms with Crippen LogP contribution in [0.2, 0.25) is 0 Å². The first-order valence-corrected chi connectivity index (χ1v) is 11.3. The van der Waals surface area contributed by atoms with E-state index in [1.165, 1.54) is 0 Å². The number of H-pyrrole nitrogens is 1. The molecule has 1 aromatic heterocycles. The number of fused-ring (bicyclic) bond motifs is 2. The lowest BCUT2D eigenvalue weighted by Crippen LogP contribution is -2.53. The predicted octanol–water partition coefficient (Wildman–Crippen LogP) is 2.87. The molecule has 3 aliphatic heterocycles. The third-order valence-corrected chi connectivity index (χ3v) is 7.74. The van der Waals surface area contributed by atoms with Crippen LogP contribution in [-0.2, 0) is 4.79 Å². The Morgan fingerprint density at radius 1 is 1.13 bits per heavy atom. The number of rotatable bonds is 3. The molecule has 0 unspecified atom stereocenters. The average Bonchev–Trinajstić information content (AvgIpc) is 3.41. The third kappa shape index (κ3) is 2.96. The topological polar surface area (TPSA) is 68.4 Å². The molecule has 5 rings (SSSR count). The van der Waals surface area contributed by atoms with Crippen LogP contribution in [0, 0.1) is 16.7 Å². The molecule has 6 heteroatoms. The fraction of sp³-hybridized carbons (Fsp3) is 0.583. The molecule has 4 heterocycles. The Hall–Kier alpha value is -2.34. The summed E-state index contributed by atoms with van der Waals surface area (Å²) in [5, 5.41) is 4.19. The highest BCUT2D eigenvalue weighted by atomic mass is 16.2. The van der Waals surface area contributed by atoms with Gasteiger partial charge in [-0.25, -0.2) is 0 Å². The fourth-order valence-corrected chi connectivity index (χ4v) is 6.30. The fourth-order valence-electron chi connectivity index (χ4n) is 6.30. The standard InChI is InChI=1S/C24H32N4O2/c1-17(2)14-27-15-23(24(16-27)6-10-26-22(24)30)7-11-28(12-8-23)21(29)19-3-4-20-18(13-19)5-9-25-20/h3-5,9,13,17,25H,6-8,10-12,14-16H2,1-2H3,(H,26,30)/t24-/m1/s1. The Balaban J connectivity index is 1.35. The van der Waals surface area contributed by atoms with Gasteiger partial charge >= 0.3 is 0 Å². The first-order valence-electron chi connectivity index (χ1n) is 11.3. The molecule has 2 spiro atoms. The Kier molecular flexibility index (Phi) is 4.65. The number of hydrogen-bond donors (Lipinski definition) is 2. The quantitative estimate of drug-likeness (QED) is 0.821. The second kappa shape index (κ2) is 7.12. The summed E-state index contributed by atoms with van der Waals surface area (Å²) in [5.41, 5.74) is 1.51. The van der Waals surface area contributed by atoms with Crippen LogP contribution in [0.25, 0.3) is 10.9 Å². The highest BCUT2D eigenvalue weighted by molar-refractivity contribution is 5.98. The minimum atomic E-state index is -0.277. The largest absolute Gasteiger partial charge is 0.361 e. The van der Waals surface area contributed by atoms with Crippen LogP contribution in [0.4, 0.5) is 0 Å². The van der Waals surface area contributed by atoms with E-state index in [0.717, 1.165) is 75.0 Å². The molecule has 3 saturated heterocycles. The first-order chi connectivity index (χ1) is 14.4. The van der Waals surface area contributed by atoms with Crippen molar-refractivity contribution in [2.45, 2.75) is 33.1 Å². The van der Waals surface area contributed by atoms with Crippen LogP contribution >= 0.6 is 0 Å². The molecule has 2 N–H and O–H groups in total. The predicted molar refractivity (Wildman–Crippen MR) is 117 cm³/mol. The van der Waals surface area contributed by atoms with Crippen LogP contribution in [0.5, 0.6) is 0 Å². The van der Waals surface area contributed by atoms with E-state index < -0.39 is 0 Å². The minimum absolute atomic E-state index is 0.0101. The van der Waals surface area contributed by atoms with Crippen molar-refractivity contribution in [1.82, 2.24) is 20.1 Å². The van der Waals surface area contributed by atoms with E-state index in [2.05, 4.69) is 29.0 Å². The Morgan fingerprint density at radius 2 is 1.93 bits per heavy atom. The monoisotopic (exact) mass is 408 g/mol. The number of nitrogens with zero attached hydrogens (tertiary/aromatic N) is 2. The summed E-state index contributed by atoms with van der Waals surface area (Å²) in [6, 6.07) is 7.87. The van der Waals surface area contributed by atoms with Crippen molar-refractivity contribution < 1.29 is 9.59 Å². The van der Waals surface area contributed by atoms with E-state index in [4.69, 9.17) is 0 Å². The molecule has 3 aliphatic rings. The van der Waals surface area contributed by atoms with Crippen LogP contribution < -0.4 is 5.32 Å². The smallest absolute Gasteiger partial charge is 0.253 e. The molecule has 2 aromatic rings. The van der Waals surface area contributed by atoms with Crippen molar-refractivity contribution in [1.29, 1.82) is 0 Å². The lowest BCUT2D eigenvalue weighted by atomic mass is 9.60. The summed E-state index contributed by atoms with van der Waals surface area (Å²) in [5.74, 6) is 0.938. The van der Waals surface area contributed by atoms with Gasteiger partial charge in [-0.3, -0.25) is 9.59 Å². The number of amides is 2. The summed E-state index contributed by atoms with van der Waals surface area (Å²) in [7, 11) is 0. The second-order valence-electron chi connectivity index (χ2n) is 10.0. The molecule has 160 valence electrons. The molecule has 0 radical (unpaired) electrons. The molecular weight excluding hydrogens is 376 g/mol. The lowest BCUT2D eigenvalue weighted by Gasteiger charge is -2.46. The number of hydrogen-bond acceptors (Lipinski definition) is 3. The van der Waals surface area contributed by atoms with Gasteiger partial charge in [0.15, 0.2) is 0 Å². The summed E-state index contributed by atoms with van der Waals surface area (Å²) < 4.78 is 0. The number of nitrogens with one attached hydrogen (secondary N) is 2. The highest BCUT2D eigenvalue weighted by Crippen LogP contribution is 2.56. The SMILES string of the molecule is CC(C)CN1CC2(CCN(C(=O)c3ccc4[nH]ccc4c3)CC2)[C@]2(CCNC2=O)C1. The van der Waals surface area contributed by atoms with Gasteiger partial charge < -0.3 is 20.1 Å². The highest BCUT2D eigenvalue weighted by Gasteiger charge is 2.63. The number of aromatic nitrogens is 1. The van der Waals surface area contributed by atoms with Crippen molar-refractivity contribution in [3.63, 3.8) is 0 Å². The molecule has 0 bridgehead atoms. The lowest BCUT2D eigenvalue weighted by molar-refractivity contribution is -0.133. The van der Waals surface area contributed by atoms with Crippen molar-refractivity contribution >= 4 is 22.7 Å².